The van der Waals surface area contributed by atoms with Crippen LogP contribution in [0.15, 0.2) is 12.2 Å². The minimum Gasteiger partial charge on any atom is -0.306 e. The molecule has 1 atom stereocenters. The minimum absolute atomic E-state index is 0.787. The lowest BCUT2D eigenvalue weighted by Crippen LogP contribution is -2.27. The minimum atomic E-state index is 0.787. The molecule has 1 nitrogen and oxygen atoms in total. The van der Waals surface area contributed by atoms with Crippen molar-refractivity contribution in [3.63, 3.8) is 0 Å². The third kappa shape index (κ3) is 24.3. The number of hydrogen-bond acceptors (Lipinski definition) is 1. The van der Waals surface area contributed by atoms with E-state index in [2.05, 4.69) is 45.0 Å². The zero-order valence-corrected chi connectivity index (χ0v) is 23.1. The van der Waals surface area contributed by atoms with Gasteiger partial charge in [0.25, 0.3) is 0 Å². The fourth-order valence-electron chi connectivity index (χ4n) is 4.81. The van der Waals surface area contributed by atoms with Gasteiger partial charge in [-0.3, -0.25) is 0 Å². The molecular formula is C31H63N. The highest BCUT2D eigenvalue weighted by molar-refractivity contribution is 4.82. The van der Waals surface area contributed by atoms with Crippen molar-refractivity contribution in [3.8, 4) is 0 Å². The van der Waals surface area contributed by atoms with Crippen molar-refractivity contribution >= 4 is 0 Å². The van der Waals surface area contributed by atoms with Gasteiger partial charge in [-0.05, 0) is 52.6 Å². The molecule has 0 radical (unpaired) electrons. The quantitative estimate of drug-likeness (QED) is 0.0937. The highest BCUT2D eigenvalue weighted by Crippen LogP contribution is 2.16. The van der Waals surface area contributed by atoms with Crippen LogP contribution in [-0.2, 0) is 0 Å². The molecule has 0 aliphatic carbocycles. The molecule has 0 amide bonds. The maximum Gasteiger partial charge on any atom is 0.00892 e. The predicted octanol–water partition coefficient (Wildman–Crippen LogP) is 10.9. The summed E-state index contributed by atoms with van der Waals surface area (Å²) in [4.78, 5) is 2.47. The molecule has 0 aromatic heterocycles. The molecule has 0 saturated carbocycles. The Kier molecular flexibility index (Phi) is 26.7. The van der Waals surface area contributed by atoms with Gasteiger partial charge in [-0.1, -0.05) is 142 Å². The van der Waals surface area contributed by atoms with Crippen molar-refractivity contribution in [1.29, 1.82) is 0 Å². The first-order valence-corrected chi connectivity index (χ1v) is 15.0. The van der Waals surface area contributed by atoms with E-state index < -0.39 is 0 Å². The lowest BCUT2D eigenvalue weighted by molar-refractivity contribution is 0.254. The summed E-state index contributed by atoms with van der Waals surface area (Å²) in [7, 11) is 4.55. The van der Waals surface area contributed by atoms with Crippen LogP contribution in [0.1, 0.15) is 168 Å². The zero-order valence-electron chi connectivity index (χ0n) is 23.1. The number of hydrogen-bond donors (Lipinski definition) is 0. The molecule has 1 heteroatoms. The Bertz CT molecular complexity index is 359. The Balaban J connectivity index is 3.43. The summed E-state index contributed by atoms with van der Waals surface area (Å²) in [5.74, 6) is 0. The van der Waals surface area contributed by atoms with E-state index in [9.17, 15) is 0 Å². The van der Waals surface area contributed by atoms with Crippen LogP contribution in [0, 0.1) is 0 Å². The van der Waals surface area contributed by atoms with Crippen molar-refractivity contribution in [3.05, 3.63) is 12.2 Å². The van der Waals surface area contributed by atoms with Crippen LogP contribution < -0.4 is 0 Å². The molecular weight excluding hydrogens is 386 g/mol. The van der Waals surface area contributed by atoms with Crippen LogP contribution in [-0.4, -0.2) is 25.0 Å². The molecule has 1 unspecified atom stereocenters. The fraction of sp³-hybridized carbons (Fsp3) is 0.935. The Labute approximate surface area is 205 Å². The molecule has 0 rings (SSSR count). The van der Waals surface area contributed by atoms with Crippen LogP contribution in [0.25, 0.3) is 0 Å². The van der Waals surface area contributed by atoms with Crippen LogP contribution >= 0.6 is 0 Å². The van der Waals surface area contributed by atoms with Crippen LogP contribution in [0.4, 0.5) is 0 Å². The van der Waals surface area contributed by atoms with Crippen molar-refractivity contribution < 1.29 is 0 Å². The first-order chi connectivity index (χ1) is 15.7. The van der Waals surface area contributed by atoms with Gasteiger partial charge in [-0.2, -0.15) is 0 Å². The summed E-state index contributed by atoms with van der Waals surface area (Å²) in [5.41, 5.74) is 0. The lowest BCUT2D eigenvalue weighted by atomic mass is 10.0. The summed E-state index contributed by atoms with van der Waals surface area (Å²) in [6.45, 7) is 4.60. The molecule has 0 bridgehead atoms. The standard InChI is InChI=1S/C31H63N/c1-5-7-9-11-13-14-15-16-17-18-19-20-21-22-24-26-28-30-31(32(3)4)29-27-25-23-12-10-8-6-2/h22,24,31H,5-21,23,25-30H2,1-4H3/b24-22+. The van der Waals surface area contributed by atoms with Crippen molar-refractivity contribution in [2.24, 2.45) is 0 Å². The molecule has 0 aliphatic rings. The number of allylic oxidation sites excluding steroid dienone is 2. The second-order valence-corrected chi connectivity index (χ2v) is 10.6. The van der Waals surface area contributed by atoms with Gasteiger partial charge >= 0.3 is 0 Å². The van der Waals surface area contributed by atoms with Gasteiger partial charge in [-0.25, -0.2) is 0 Å². The Hall–Kier alpha value is -0.300. The van der Waals surface area contributed by atoms with E-state index >= 15 is 0 Å². The zero-order chi connectivity index (χ0) is 23.5. The molecule has 192 valence electrons. The maximum absolute atomic E-state index is 2.47. The third-order valence-electron chi connectivity index (χ3n) is 7.17. The van der Waals surface area contributed by atoms with E-state index in [0.29, 0.717) is 0 Å². The van der Waals surface area contributed by atoms with Gasteiger partial charge in [0.15, 0.2) is 0 Å². The van der Waals surface area contributed by atoms with Gasteiger partial charge < -0.3 is 4.90 Å². The second-order valence-electron chi connectivity index (χ2n) is 10.6. The average molecular weight is 450 g/mol. The number of nitrogens with zero attached hydrogens (tertiary/aromatic N) is 1. The van der Waals surface area contributed by atoms with Crippen molar-refractivity contribution in [2.45, 2.75) is 174 Å². The first-order valence-electron chi connectivity index (χ1n) is 15.0. The largest absolute Gasteiger partial charge is 0.306 e. The van der Waals surface area contributed by atoms with Gasteiger partial charge in [0, 0.05) is 6.04 Å². The number of rotatable bonds is 26. The normalized spacial score (nSPS) is 12.9. The van der Waals surface area contributed by atoms with Crippen molar-refractivity contribution in [2.75, 3.05) is 14.1 Å². The molecule has 0 aromatic rings. The molecule has 0 N–H and O–H groups in total. The summed E-state index contributed by atoms with van der Waals surface area (Å²) in [6, 6.07) is 0.787. The number of unbranched alkanes of at least 4 members (excludes halogenated alkanes) is 19. The predicted molar refractivity (Wildman–Crippen MR) is 149 cm³/mol. The van der Waals surface area contributed by atoms with E-state index in [1.807, 2.05) is 0 Å². The Morgan fingerprint density at radius 2 is 0.781 bits per heavy atom. The molecule has 0 aliphatic heterocycles. The summed E-state index contributed by atoms with van der Waals surface area (Å²) < 4.78 is 0. The Morgan fingerprint density at radius 3 is 1.22 bits per heavy atom. The van der Waals surface area contributed by atoms with Gasteiger partial charge in [0.1, 0.15) is 0 Å². The van der Waals surface area contributed by atoms with Crippen LogP contribution in [0.3, 0.4) is 0 Å². The van der Waals surface area contributed by atoms with Crippen molar-refractivity contribution in [1.82, 2.24) is 4.90 Å². The first kappa shape index (κ1) is 31.7. The molecule has 0 saturated heterocycles. The van der Waals surface area contributed by atoms with E-state index in [-0.39, 0.29) is 0 Å². The summed E-state index contributed by atoms with van der Waals surface area (Å²) in [5, 5.41) is 0. The maximum atomic E-state index is 2.47. The molecule has 0 heterocycles. The van der Waals surface area contributed by atoms with E-state index in [1.165, 1.54) is 154 Å². The highest BCUT2D eigenvalue weighted by Gasteiger charge is 2.10. The SMILES string of the molecule is CCCCCCCCCCCCCC/C=C/CCCC(CCCCCCCCC)N(C)C. The van der Waals surface area contributed by atoms with E-state index in [4.69, 9.17) is 0 Å². The monoisotopic (exact) mass is 449 g/mol. The van der Waals surface area contributed by atoms with E-state index in [0.717, 1.165) is 6.04 Å². The van der Waals surface area contributed by atoms with E-state index in [1.54, 1.807) is 0 Å². The summed E-state index contributed by atoms with van der Waals surface area (Å²) in [6.07, 6.45) is 38.9. The average Bonchev–Trinajstić information content (AvgIpc) is 2.78. The van der Waals surface area contributed by atoms with Gasteiger partial charge in [-0.15, -0.1) is 0 Å². The smallest absolute Gasteiger partial charge is 0.00892 e. The lowest BCUT2D eigenvalue weighted by Gasteiger charge is -2.24. The topological polar surface area (TPSA) is 3.24 Å². The molecule has 32 heavy (non-hydrogen) atoms. The fourth-order valence-corrected chi connectivity index (χ4v) is 4.81. The van der Waals surface area contributed by atoms with Crippen LogP contribution in [0.2, 0.25) is 0 Å². The molecule has 0 aromatic carbocycles. The Morgan fingerprint density at radius 1 is 0.438 bits per heavy atom. The van der Waals surface area contributed by atoms with Gasteiger partial charge in [0.2, 0.25) is 0 Å². The second kappa shape index (κ2) is 26.9. The van der Waals surface area contributed by atoms with Gasteiger partial charge in [0.05, 0.1) is 0 Å². The summed E-state index contributed by atoms with van der Waals surface area (Å²) >= 11 is 0. The highest BCUT2D eigenvalue weighted by atomic mass is 15.1. The molecule has 0 spiro atoms. The van der Waals surface area contributed by atoms with Crippen LogP contribution in [0.5, 0.6) is 0 Å². The third-order valence-corrected chi connectivity index (χ3v) is 7.17. The molecule has 0 fully saturated rings.